The van der Waals surface area contributed by atoms with Crippen molar-refractivity contribution in [2.24, 2.45) is 5.92 Å². The average Bonchev–Trinajstić information content (AvgIpc) is 2.96. The number of nitrogens with one attached hydrogen (secondary N) is 1. The fraction of sp³-hybridized carbons (Fsp3) is 0.667. The second-order valence-electron chi connectivity index (χ2n) is 5.23. The normalized spacial score (nSPS) is 17.2. The Balaban J connectivity index is 2.10. The van der Waals surface area contributed by atoms with Crippen LogP contribution in [0.1, 0.15) is 12.8 Å². The number of aromatic nitrogens is 2. The smallest absolute Gasteiger partial charge is 0.328 e. The van der Waals surface area contributed by atoms with E-state index in [1.165, 1.54) is 4.72 Å². The maximum atomic E-state index is 14.1. The summed E-state index contributed by atoms with van der Waals surface area (Å²) in [7, 11) is -4.64. The van der Waals surface area contributed by atoms with E-state index in [2.05, 4.69) is 5.10 Å². The number of carbonyl (C=O) groups is 1. The zero-order chi connectivity index (χ0) is 18.0. The molecule has 24 heavy (non-hydrogen) atoms. The lowest BCUT2D eigenvalue weighted by molar-refractivity contribution is -0.157. The van der Waals surface area contributed by atoms with Crippen LogP contribution in [0.25, 0.3) is 0 Å². The van der Waals surface area contributed by atoms with Gasteiger partial charge in [0, 0.05) is 25.3 Å². The van der Waals surface area contributed by atoms with Crippen LogP contribution in [0.4, 0.5) is 17.6 Å². The third kappa shape index (κ3) is 4.23. The molecule has 0 aliphatic carbocycles. The number of ether oxygens (including phenoxy) is 1. The minimum absolute atomic E-state index is 0.0562. The van der Waals surface area contributed by atoms with Crippen LogP contribution >= 0.6 is 0 Å². The van der Waals surface area contributed by atoms with Crippen molar-refractivity contribution in [3.8, 4) is 0 Å². The first kappa shape index (κ1) is 18.6. The first-order valence-electron chi connectivity index (χ1n) is 6.96. The second-order valence-corrected chi connectivity index (χ2v) is 6.92. The molecule has 0 aromatic carbocycles. The van der Waals surface area contributed by atoms with E-state index in [4.69, 9.17) is 4.74 Å². The van der Waals surface area contributed by atoms with Crippen LogP contribution < -0.4 is 4.72 Å². The fourth-order valence-corrected chi connectivity index (χ4v) is 3.16. The van der Waals surface area contributed by atoms with Gasteiger partial charge in [-0.05, 0) is 12.8 Å². The molecule has 0 atom stereocenters. The molecule has 1 aromatic rings. The van der Waals surface area contributed by atoms with Gasteiger partial charge in [-0.3, -0.25) is 9.48 Å². The topological polar surface area (TPSA) is 90.3 Å². The van der Waals surface area contributed by atoms with E-state index in [-0.39, 0.29) is 26.1 Å². The summed E-state index contributed by atoms with van der Waals surface area (Å²) in [6, 6.07) is 0. The lowest BCUT2D eigenvalue weighted by atomic mass is 9.92. The maximum absolute atomic E-state index is 14.1. The molecule has 0 bridgehead atoms. The fourth-order valence-electron chi connectivity index (χ4n) is 2.22. The average molecular weight is 373 g/mol. The largest absolute Gasteiger partial charge is 0.381 e. The van der Waals surface area contributed by atoms with Crippen LogP contribution in [-0.2, 0) is 26.1 Å². The van der Waals surface area contributed by atoms with Crippen LogP contribution in [-0.4, -0.2) is 49.7 Å². The molecule has 1 saturated heterocycles. The number of alkyl halides is 4. The number of nitrogens with zero attached hydrogens (tertiary/aromatic N) is 2. The number of rotatable bonds is 6. The van der Waals surface area contributed by atoms with Crippen molar-refractivity contribution >= 4 is 15.9 Å². The lowest BCUT2D eigenvalue weighted by Crippen LogP contribution is -2.48. The lowest BCUT2D eigenvalue weighted by Gasteiger charge is -2.28. The Morgan fingerprint density at radius 3 is 2.62 bits per heavy atom. The summed E-state index contributed by atoms with van der Waals surface area (Å²) in [5.41, 5.74) is 0. The molecule has 1 fully saturated rings. The van der Waals surface area contributed by atoms with Gasteiger partial charge in [0.05, 0.1) is 6.20 Å². The highest BCUT2D eigenvalue weighted by Crippen LogP contribution is 2.33. The Hall–Kier alpha value is -1.69. The van der Waals surface area contributed by atoms with E-state index >= 15 is 0 Å². The molecular weight excluding hydrogens is 358 g/mol. The number of amides is 1. The van der Waals surface area contributed by atoms with Crippen molar-refractivity contribution in [2.75, 3.05) is 13.2 Å². The summed E-state index contributed by atoms with van der Waals surface area (Å²) in [5.74, 6) is -7.19. The summed E-state index contributed by atoms with van der Waals surface area (Å²) in [4.78, 5) is 11.1. The van der Waals surface area contributed by atoms with Crippen molar-refractivity contribution in [1.82, 2.24) is 14.5 Å². The van der Waals surface area contributed by atoms with E-state index in [1.807, 2.05) is 0 Å². The highest BCUT2D eigenvalue weighted by molar-refractivity contribution is 7.90. The third-order valence-electron chi connectivity index (χ3n) is 3.51. The molecule has 1 aliphatic heterocycles. The van der Waals surface area contributed by atoms with Gasteiger partial charge in [-0.15, -0.1) is 0 Å². The van der Waals surface area contributed by atoms with Crippen molar-refractivity contribution in [1.29, 1.82) is 0 Å². The molecule has 136 valence electrons. The highest BCUT2D eigenvalue weighted by Gasteiger charge is 2.48. The van der Waals surface area contributed by atoms with E-state index in [0.717, 1.165) is 6.20 Å². The number of hydrogen-bond donors (Lipinski definition) is 1. The SMILES string of the molecule is O=C(NS(=O)(=O)c1cnn(CC(F)F)c1)C(F)(F)C1CCOCC1. The predicted molar refractivity (Wildman–Crippen MR) is 72.0 cm³/mol. The first-order chi connectivity index (χ1) is 11.1. The van der Waals surface area contributed by atoms with Crippen LogP contribution in [0.3, 0.4) is 0 Å². The number of carbonyl (C=O) groups excluding carboxylic acids is 1. The van der Waals surface area contributed by atoms with E-state index in [9.17, 15) is 30.8 Å². The van der Waals surface area contributed by atoms with Gasteiger partial charge in [0.2, 0.25) is 0 Å². The van der Waals surface area contributed by atoms with Crippen LogP contribution in [0.5, 0.6) is 0 Å². The number of sulfonamides is 1. The Morgan fingerprint density at radius 2 is 2.04 bits per heavy atom. The standard InChI is InChI=1S/C12H15F4N3O4S/c13-10(14)7-19-6-9(5-17-19)24(21,22)18-11(20)12(15,16)8-1-3-23-4-2-8/h5-6,8,10H,1-4,7H2,(H,18,20). The predicted octanol–water partition coefficient (Wildman–Crippen LogP) is 1.01. The van der Waals surface area contributed by atoms with Crippen LogP contribution in [0, 0.1) is 5.92 Å². The van der Waals surface area contributed by atoms with Crippen molar-refractivity contribution in [3.05, 3.63) is 12.4 Å². The summed E-state index contributed by atoms with van der Waals surface area (Å²) >= 11 is 0. The minimum Gasteiger partial charge on any atom is -0.381 e. The molecule has 1 amide bonds. The summed E-state index contributed by atoms with van der Waals surface area (Å²) in [5, 5.41) is 3.38. The van der Waals surface area contributed by atoms with Gasteiger partial charge < -0.3 is 4.74 Å². The van der Waals surface area contributed by atoms with E-state index in [0.29, 0.717) is 10.9 Å². The molecule has 0 unspecified atom stereocenters. The van der Waals surface area contributed by atoms with Gasteiger partial charge in [-0.25, -0.2) is 21.9 Å². The van der Waals surface area contributed by atoms with Gasteiger partial charge >= 0.3 is 11.8 Å². The molecular formula is C12H15F4N3O4S. The summed E-state index contributed by atoms with van der Waals surface area (Å²) in [6.07, 6.45) is -1.49. The van der Waals surface area contributed by atoms with Gasteiger partial charge in [0.25, 0.3) is 16.4 Å². The highest BCUT2D eigenvalue weighted by atomic mass is 32.2. The molecule has 12 heteroatoms. The molecule has 0 radical (unpaired) electrons. The van der Waals surface area contributed by atoms with Gasteiger partial charge in [0.1, 0.15) is 11.4 Å². The van der Waals surface area contributed by atoms with Crippen LogP contribution in [0.15, 0.2) is 17.3 Å². The Labute approximate surface area is 135 Å². The first-order valence-corrected chi connectivity index (χ1v) is 8.44. The molecule has 2 rings (SSSR count). The Kier molecular flexibility index (Phi) is 5.48. The van der Waals surface area contributed by atoms with Crippen LogP contribution in [0.2, 0.25) is 0 Å². The van der Waals surface area contributed by atoms with E-state index in [1.54, 1.807) is 0 Å². The molecule has 1 N–H and O–H groups in total. The zero-order valence-electron chi connectivity index (χ0n) is 12.3. The van der Waals surface area contributed by atoms with Gasteiger partial charge in [-0.1, -0.05) is 0 Å². The number of hydrogen-bond acceptors (Lipinski definition) is 5. The van der Waals surface area contributed by atoms with Gasteiger partial charge in [-0.2, -0.15) is 13.9 Å². The summed E-state index contributed by atoms with van der Waals surface area (Å²) in [6.45, 7) is -0.747. The van der Waals surface area contributed by atoms with Gasteiger partial charge in [0.15, 0.2) is 0 Å². The molecule has 0 spiro atoms. The molecule has 0 saturated carbocycles. The number of halogens is 4. The Morgan fingerprint density at radius 1 is 1.42 bits per heavy atom. The van der Waals surface area contributed by atoms with Crippen molar-refractivity contribution in [3.63, 3.8) is 0 Å². The van der Waals surface area contributed by atoms with Crippen molar-refractivity contribution < 1.29 is 35.5 Å². The second kappa shape index (κ2) is 7.05. The molecule has 2 heterocycles. The molecule has 7 nitrogen and oxygen atoms in total. The molecule has 1 aliphatic rings. The van der Waals surface area contributed by atoms with Crippen molar-refractivity contribution in [2.45, 2.75) is 36.6 Å². The molecule has 1 aromatic heterocycles. The Bertz CT molecular complexity index is 686. The minimum atomic E-state index is -4.64. The maximum Gasteiger partial charge on any atom is 0.328 e. The van der Waals surface area contributed by atoms with E-state index < -0.39 is 45.6 Å². The third-order valence-corrected chi connectivity index (χ3v) is 4.79. The monoisotopic (exact) mass is 373 g/mol. The zero-order valence-corrected chi connectivity index (χ0v) is 13.1. The summed E-state index contributed by atoms with van der Waals surface area (Å²) < 4.78 is 83.3. The quantitative estimate of drug-likeness (QED) is 0.752.